The largest absolute Gasteiger partial charge is 0.480 e. The Kier molecular flexibility index (Phi) is 39.8. The zero-order valence-corrected chi connectivity index (χ0v) is 37.5. The summed E-state index contributed by atoms with van der Waals surface area (Å²) in [5.74, 6) is -2.44. The van der Waals surface area contributed by atoms with Gasteiger partial charge in [-0.25, -0.2) is 4.57 Å². The number of hydrogen-bond acceptors (Lipinski definition) is 9. The van der Waals surface area contributed by atoms with Gasteiger partial charge in [-0.2, -0.15) is 0 Å². The van der Waals surface area contributed by atoms with E-state index in [4.69, 9.17) is 24.8 Å². The molecule has 58 heavy (non-hydrogen) atoms. The highest BCUT2D eigenvalue weighted by molar-refractivity contribution is 7.47. The molecular weight excluding hydrogens is 757 g/mol. The molecule has 338 valence electrons. The summed E-state index contributed by atoms with van der Waals surface area (Å²) >= 11 is 0. The maximum absolute atomic E-state index is 12.6. The first-order valence-electron chi connectivity index (χ1n) is 23.0. The summed E-state index contributed by atoms with van der Waals surface area (Å²) in [6.45, 7) is 2.77. The van der Waals surface area contributed by atoms with Crippen LogP contribution in [0.4, 0.5) is 0 Å². The molecule has 0 aliphatic heterocycles. The summed E-state index contributed by atoms with van der Waals surface area (Å²) in [6, 6.07) is -1.53. The second kappa shape index (κ2) is 41.4. The fraction of sp³-hybridized carbons (Fsp3) is 0.804. The Balaban J connectivity index is 4.39. The van der Waals surface area contributed by atoms with E-state index in [-0.39, 0.29) is 19.4 Å². The van der Waals surface area contributed by atoms with Crippen molar-refractivity contribution in [2.75, 3.05) is 19.8 Å². The minimum absolute atomic E-state index is 0.0972. The van der Waals surface area contributed by atoms with Crippen LogP contribution in [-0.2, 0) is 37.5 Å². The first-order valence-corrected chi connectivity index (χ1v) is 24.5. The zero-order valence-electron chi connectivity index (χ0n) is 36.6. The van der Waals surface area contributed by atoms with Crippen molar-refractivity contribution in [2.45, 2.75) is 219 Å². The molecule has 11 nitrogen and oxygen atoms in total. The summed E-state index contributed by atoms with van der Waals surface area (Å²) in [5.41, 5.74) is 5.33. The van der Waals surface area contributed by atoms with Crippen molar-refractivity contribution in [1.29, 1.82) is 0 Å². The number of hydrogen-bond donors (Lipinski definition) is 3. The predicted molar refractivity (Wildman–Crippen MR) is 235 cm³/mol. The van der Waals surface area contributed by atoms with Gasteiger partial charge >= 0.3 is 25.7 Å². The van der Waals surface area contributed by atoms with Crippen molar-refractivity contribution in [1.82, 2.24) is 0 Å². The molecule has 0 aromatic rings. The van der Waals surface area contributed by atoms with Gasteiger partial charge in [0.2, 0.25) is 0 Å². The molecule has 0 saturated carbocycles. The summed E-state index contributed by atoms with van der Waals surface area (Å²) in [4.78, 5) is 46.0. The van der Waals surface area contributed by atoms with Gasteiger partial charge in [0, 0.05) is 12.8 Å². The van der Waals surface area contributed by atoms with Gasteiger partial charge < -0.3 is 25.2 Å². The van der Waals surface area contributed by atoms with Crippen LogP contribution in [0, 0.1) is 0 Å². The minimum atomic E-state index is -4.73. The second-order valence-corrected chi connectivity index (χ2v) is 17.0. The molecule has 3 atom stereocenters. The van der Waals surface area contributed by atoms with Crippen LogP contribution < -0.4 is 5.73 Å². The van der Waals surface area contributed by atoms with E-state index in [1.807, 2.05) is 6.08 Å². The van der Waals surface area contributed by atoms with Crippen molar-refractivity contribution in [2.24, 2.45) is 5.73 Å². The third-order valence-corrected chi connectivity index (χ3v) is 10.8. The number of carbonyl (C=O) groups is 3. The van der Waals surface area contributed by atoms with Crippen LogP contribution in [0.5, 0.6) is 0 Å². The Morgan fingerprint density at radius 1 is 0.534 bits per heavy atom. The summed E-state index contributed by atoms with van der Waals surface area (Å²) in [5, 5.41) is 8.89. The molecule has 1 unspecified atom stereocenters. The quantitative estimate of drug-likeness (QED) is 0.0231. The molecule has 0 rings (SSSR count). The van der Waals surface area contributed by atoms with E-state index < -0.39 is 51.1 Å². The lowest BCUT2D eigenvalue weighted by Gasteiger charge is -2.20. The lowest BCUT2D eigenvalue weighted by Crippen LogP contribution is -2.34. The topological polar surface area (TPSA) is 172 Å². The fourth-order valence-corrected chi connectivity index (χ4v) is 7.00. The summed E-state index contributed by atoms with van der Waals surface area (Å²) in [7, 11) is -4.73. The van der Waals surface area contributed by atoms with Crippen LogP contribution in [0.2, 0.25) is 0 Å². The number of carboxylic acid groups (broad SMARTS) is 1. The SMILES string of the molecule is CCCCCCCC/C=C/CCCCCCCCCC(=O)OC[C@H](COP(=O)(O)OC[C@H](N)C(=O)O)OC(=O)CCC/C=C/C/C=C/CCCCCCCCCCC. The standard InChI is InChI=1S/C46H84NO10P/c1-3-5-7-9-11-13-15-17-19-21-23-25-27-29-31-33-35-37-44(48)54-39-42(40-55-58(52,53)56-41-43(47)46(50)51)57-45(49)38-36-34-32-30-28-26-24-22-20-18-16-14-12-10-8-6-4-2/h17,19,24,26,30,32,42-43H,3-16,18,20-23,25,27-29,31,33-41,47H2,1-2H3,(H,50,51)(H,52,53)/b19-17+,26-24+,32-30+/t42-,43+/m1/s1. The number of rotatable bonds is 43. The van der Waals surface area contributed by atoms with Crippen LogP contribution in [0.15, 0.2) is 36.5 Å². The number of allylic oxidation sites excluding steroid dienone is 6. The summed E-state index contributed by atoms with van der Waals surface area (Å²) in [6.07, 6.45) is 45.0. The molecule has 0 heterocycles. The highest BCUT2D eigenvalue weighted by Crippen LogP contribution is 2.43. The first-order chi connectivity index (χ1) is 28.1. The van der Waals surface area contributed by atoms with Crippen LogP contribution in [0.25, 0.3) is 0 Å². The number of carboxylic acids is 1. The lowest BCUT2D eigenvalue weighted by molar-refractivity contribution is -0.161. The van der Waals surface area contributed by atoms with Crippen LogP contribution >= 0.6 is 7.82 Å². The van der Waals surface area contributed by atoms with E-state index in [0.717, 1.165) is 38.5 Å². The van der Waals surface area contributed by atoms with Gasteiger partial charge in [0.25, 0.3) is 0 Å². The van der Waals surface area contributed by atoms with Crippen molar-refractivity contribution >= 4 is 25.7 Å². The van der Waals surface area contributed by atoms with E-state index in [9.17, 15) is 23.8 Å². The smallest absolute Gasteiger partial charge is 0.472 e. The van der Waals surface area contributed by atoms with Gasteiger partial charge in [-0.15, -0.1) is 0 Å². The molecule has 0 aliphatic rings. The van der Waals surface area contributed by atoms with Crippen molar-refractivity contribution < 1.29 is 47.5 Å². The van der Waals surface area contributed by atoms with Crippen molar-refractivity contribution in [3.05, 3.63) is 36.5 Å². The Labute approximate surface area is 353 Å². The van der Waals surface area contributed by atoms with Gasteiger partial charge in [-0.05, 0) is 64.2 Å². The Morgan fingerprint density at radius 3 is 1.41 bits per heavy atom. The monoisotopic (exact) mass is 842 g/mol. The maximum Gasteiger partial charge on any atom is 0.472 e. The maximum atomic E-state index is 12.6. The third kappa shape index (κ3) is 40.5. The number of aliphatic carboxylic acids is 1. The first kappa shape index (κ1) is 55.7. The number of phosphoric ester groups is 1. The predicted octanol–water partition coefficient (Wildman–Crippen LogP) is 12.4. The van der Waals surface area contributed by atoms with Gasteiger partial charge in [-0.3, -0.25) is 23.4 Å². The molecule has 0 aromatic heterocycles. The highest BCUT2D eigenvalue weighted by Gasteiger charge is 2.28. The van der Waals surface area contributed by atoms with E-state index >= 15 is 0 Å². The molecule has 0 aliphatic carbocycles. The molecule has 4 N–H and O–H groups in total. The highest BCUT2D eigenvalue weighted by atomic mass is 31.2. The molecule has 0 saturated heterocycles. The van der Waals surface area contributed by atoms with Crippen molar-refractivity contribution in [3.63, 3.8) is 0 Å². The molecule has 0 amide bonds. The van der Waals surface area contributed by atoms with E-state index in [2.05, 4.69) is 48.8 Å². The molecule has 0 fully saturated rings. The number of nitrogens with two attached hydrogens (primary N) is 1. The molecule has 0 radical (unpaired) electrons. The molecule has 0 bridgehead atoms. The van der Waals surface area contributed by atoms with Crippen molar-refractivity contribution in [3.8, 4) is 0 Å². The molecule has 12 heteroatoms. The molecule has 0 spiro atoms. The molecule has 0 aromatic carbocycles. The lowest BCUT2D eigenvalue weighted by atomic mass is 10.1. The minimum Gasteiger partial charge on any atom is -0.480 e. The number of unbranched alkanes of at least 4 members (excludes halogenated alkanes) is 23. The Hall–Kier alpha value is -2.30. The second-order valence-electron chi connectivity index (χ2n) is 15.5. The van der Waals surface area contributed by atoms with Gasteiger partial charge in [-0.1, -0.05) is 166 Å². The average Bonchev–Trinajstić information content (AvgIpc) is 3.20. The summed E-state index contributed by atoms with van der Waals surface area (Å²) < 4.78 is 32.7. The van der Waals surface area contributed by atoms with Crippen LogP contribution in [-0.4, -0.2) is 59.9 Å². The van der Waals surface area contributed by atoms with E-state index in [0.29, 0.717) is 19.3 Å². The van der Waals surface area contributed by atoms with E-state index in [1.165, 1.54) is 122 Å². The van der Waals surface area contributed by atoms with Crippen LogP contribution in [0.1, 0.15) is 206 Å². The Morgan fingerprint density at radius 2 is 0.931 bits per heavy atom. The zero-order chi connectivity index (χ0) is 42.8. The normalized spacial score (nSPS) is 14.0. The number of ether oxygens (including phenoxy) is 2. The Bertz CT molecular complexity index is 1130. The van der Waals surface area contributed by atoms with Gasteiger partial charge in [0.05, 0.1) is 13.2 Å². The van der Waals surface area contributed by atoms with E-state index in [1.54, 1.807) is 0 Å². The average molecular weight is 842 g/mol. The third-order valence-electron chi connectivity index (χ3n) is 9.86. The number of carbonyl (C=O) groups excluding carboxylic acids is 2. The molecular formula is C46H84NO10P. The van der Waals surface area contributed by atoms with Crippen LogP contribution in [0.3, 0.4) is 0 Å². The van der Waals surface area contributed by atoms with Gasteiger partial charge in [0.1, 0.15) is 12.6 Å². The number of esters is 2. The number of phosphoric acid groups is 1. The van der Waals surface area contributed by atoms with Gasteiger partial charge in [0.15, 0.2) is 6.10 Å². The fourth-order valence-electron chi connectivity index (χ4n) is 6.22.